The van der Waals surface area contributed by atoms with E-state index >= 15 is 0 Å². The smallest absolute Gasteiger partial charge is 0.264 e. The summed E-state index contributed by atoms with van der Waals surface area (Å²) in [6, 6.07) is 9.61. The Morgan fingerprint density at radius 2 is 1.88 bits per heavy atom. The lowest BCUT2D eigenvalue weighted by molar-refractivity contribution is -0.118. The second-order valence-corrected chi connectivity index (χ2v) is 8.23. The first-order valence-electron chi connectivity index (χ1n) is 10.1. The highest BCUT2D eigenvalue weighted by Crippen LogP contribution is 2.33. The van der Waals surface area contributed by atoms with E-state index in [4.69, 9.17) is 14.2 Å². The molecular formula is C23H24FN3O4S. The Labute approximate surface area is 189 Å². The predicted octanol–water partition coefficient (Wildman–Crippen LogP) is 3.88. The fraction of sp³-hybridized carbons (Fsp3) is 0.304. The van der Waals surface area contributed by atoms with Crippen molar-refractivity contribution in [2.45, 2.75) is 19.5 Å². The first kappa shape index (κ1) is 22.0. The SMILES string of the molecule is COc1cc2c(cc1OC)CN(Cc1csc(NC(=O)COc3ccc(F)cc3)n1)CC2. The van der Waals surface area contributed by atoms with E-state index in [0.29, 0.717) is 17.4 Å². The number of benzene rings is 2. The van der Waals surface area contributed by atoms with Gasteiger partial charge in [-0.2, -0.15) is 0 Å². The molecule has 2 heterocycles. The number of thiazole rings is 1. The number of carbonyl (C=O) groups excluding carboxylic acids is 1. The number of methoxy groups -OCH3 is 2. The van der Waals surface area contributed by atoms with Crippen molar-refractivity contribution in [2.24, 2.45) is 0 Å². The summed E-state index contributed by atoms with van der Waals surface area (Å²) in [5, 5.41) is 5.21. The second-order valence-electron chi connectivity index (χ2n) is 7.37. The largest absolute Gasteiger partial charge is 0.493 e. The van der Waals surface area contributed by atoms with E-state index in [0.717, 1.165) is 36.7 Å². The Kier molecular flexibility index (Phi) is 6.87. The van der Waals surface area contributed by atoms with E-state index in [1.165, 1.54) is 46.7 Å². The zero-order chi connectivity index (χ0) is 22.5. The molecule has 7 nitrogen and oxygen atoms in total. The van der Waals surface area contributed by atoms with Gasteiger partial charge in [0, 0.05) is 25.0 Å². The number of anilines is 1. The summed E-state index contributed by atoms with van der Waals surface area (Å²) in [5.41, 5.74) is 3.38. The number of rotatable bonds is 8. The first-order chi connectivity index (χ1) is 15.5. The van der Waals surface area contributed by atoms with Crippen molar-refractivity contribution in [1.82, 2.24) is 9.88 Å². The van der Waals surface area contributed by atoms with E-state index in [-0.39, 0.29) is 18.3 Å². The van der Waals surface area contributed by atoms with Crippen LogP contribution in [0.25, 0.3) is 0 Å². The van der Waals surface area contributed by atoms with Crippen LogP contribution in [0.2, 0.25) is 0 Å². The van der Waals surface area contributed by atoms with Gasteiger partial charge in [-0.1, -0.05) is 0 Å². The van der Waals surface area contributed by atoms with Gasteiger partial charge in [0.25, 0.3) is 5.91 Å². The number of nitrogens with one attached hydrogen (secondary N) is 1. The number of hydrogen-bond acceptors (Lipinski definition) is 7. The third-order valence-corrected chi connectivity index (χ3v) is 5.97. The average Bonchev–Trinajstić information content (AvgIpc) is 3.24. The Bertz CT molecular complexity index is 1090. The number of carbonyl (C=O) groups is 1. The Hall–Kier alpha value is -3.17. The molecule has 1 aliphatic heterocycles. The maximum atomic E-state index is 12.9. The monoisotopic (exact) mass is 457 g/mol. The van der Waals surface area contributed by atoms with Crippen LogP contribution < -0.4 is 19.5 Å². The van der Waals surface area contributed by atoms with Gasteiger partial charge < -0.3 is 14.2 Å². The summed E-state index contributed by atoms with van der Waals surface area (Å²) in [7, 11) is 3.29. The van der Waals surface area contributed by atoms with Crippen molar-refractivity contribution in [2.75, 3.05) is 32.7 Å². The molecule has 3 aromatic rings. The third kappa shape index (κ3) is 5.35. The summed E-state index contributed by atoms with van der Waals surface area (Å²) in [6.45, 7) is 2.22. The van der Waals surface area contributed by atoms with Crippen molar-refractivity contribution < 1.29 is 23.4 Å². The maximum Gasteiger partial charge on any atom is 0.264 e. The number of amides is 1. The van der Waals surface area contributed by atoms with Crippen LogP contribution in [0.5, 0.6) is 17.2 Å². The molecule has 0 aliphatic carbocycles. The molecule has 0 fully saturated rings. The molecule has 0 spiro atoms. The lowest BCUT2D eigenvalue weighted by Gasteiger charge is -2.29. The minimum atomic E-state index is -0.354. The Morgan fingerprint density at radius 3 is 2.59 bits per heavy atom. The van der Waals surface area contributed by atoms with Crippen LogP contribution in [0, 0.1) is 5.82 Å². The minimum absolute atomic E-state index is 0.172. The molecule has 0 bridgehead atoms. The number of halogens is 1. The molecule has 0 radical (unpaired) electrons. The van der Waals surface area contributed by atoms with Gasteiger partial charge >= 0.3 is 0 Å². The molecule has 1 aliphatic rings. The summed E-state index contributed by atoms with van der Waals surface area (Å²) in [5.74, 6) is 1.25. The van der Waals surface area contributed by atoms with E-state index in [1.807, 2.05) is 11.4 Å². The number of ether oxygens (including phenoxy) is 3. The topological polar surface area (TPSA) is 72.9 Å². The molecule has 168 valence electrons. The zero-order valence-electron chi connectivity index (χ0n) is 17.9. The van der Waals surface area contributed by atoms with Crippen LogP contribution in [-0.2, 0) is 24.3 Å². The summed E-state index contributed by atoms with van der Waals surface area (Å²) in [4.78, 5) is 19.0. The van der Waals surface area contributed by atoms with Gasteiger partial charge in [-0.15, -0.1) is 11.3 Å². The van der Waals surface area contributed by atoms with Gasteiger partial charge in [0.2, 0.25) is 0 Å². The van der Waals surface area contributed by atoms with Crippen LogP contribution in [0.4, 0.5) is 9.52 Å². The lowest BCUT2D eigenvalue weighted by Crippen LogP contribution is -2.30. The first-order valence-corrected chi connectivity index (χ1v) is 11.0. The molecule has 1 aromatic heterocycles. The van der Waals surface area contributed by atoms with Gasteiger partial charge in [0.1, 0.15) is 11.6 Å². The van der Waals surface area contributed by atoms with Gasteiger partial charge in [0.05, 0.1) is 19.9 Å². The number of aromatic nitrogens is 1. The van der Waals surface area contributed by atoms with Crippen LogP contribution >= 0.6 is 11.3 Å². The molecular weight excluding hydrogens is 433 g/mol. The van der Waals surface area contributed by atoms with Crippen molar-refractivity contribution >= 4 is 22.4 Å². The molecule has 2 aromatic carbocycles. The molecule has 0 saturated carbocycles. The summed E-state index contributed by atoms with van der Waals surface area (Å²) < 4.78 is 29.1. The van der Waals surface area contributed by atoms with Crippen LogP contribution in [0.1, 0.15) is 16.8 Å². The van der Waals surface area contributed by atoms with Gasteiger partial charge in [-0.05, 0) is 53.9 Å². The highest BCUT2D eigenvalue weighted by Gasteiger charge is 2.20. The molecule has 1 N–H and O–H groups in total. The van der Waals surface area contributed by atoms with Crippen molar-refractivity contribution in [1.29, 1.82) is 0 Å². The number of fused-ring (bicyclic) bond motifs is 1. The number of nitrogens with zero attached hydrogens (tertiary/aromatic N) is 2. The molecule has 9 heteroatoms. The Balaban J connectivity index is 1.30. The third-order valence-electron chi connectivity index (χ3n) is 5.16. The van der Waals surface area contributed by atoms with Crippen LogP contribution in [0.15, 0.2) is 41.8 Å². The number of hydrogen-bond donors (Lipinski definition) is 1. The van der Waals surface area contributed by atoms with E-state index in [9.17, 15) is 9.18 Å². The van der Waals surface area contributed by atoms with E-state index < -0.39 is 0 Å². The van der Waals surface area contributed by atoms with Gasteiger partial charge in [-0.25, -0.2) is 9.37 Å². The maximum absolute atomic E-state index is 12.9. The van der Waals surface area contributed by atoms with Gasteiger partial charge in [-0.3, -0.25) is 15.0 Å². The standard InChI is InChI=1S/C23H24FN3O4S/c1-29-20-9-15-7-8-27(11-16(15)10-21(20)30-2)12-18-14-32-23(25-18)26-22(28)13-31-19-5-3-17(24)4-6-19/h3-6,9-10,14H,7-8,11-13H2,1-2H3,(H,25,26,28). The molecule has 0 unspecified atom stereocenters. The molecule has 0 atom stereocenters. The molecule has 4 rings (SSSR count). The summed E-state index contributed by atoms with van der Waals surface area (Å²) in [6.07, 6.45) is 0.921. The highest BCUT2D eigenvalue weighted by molar-refractivity contribution is 7.13. The predicted molar refractivity (Wildman–Crippen MR) is 120 cm³/mol. The second kappa shape index (κ2) is 9.97. The Morgan fingerprint density at radius 1 is 1.16 bits per heavy atom. The van der Waals surface area contributed by atoms with Crippen LogP contribution in [0.3, 0.4) is 0 Å². The van der Waals surface area contributed by atoms with Crippen molar-refractivity contribution in [3.05, 3.63) is 64.4 Å². The average molecular weight is 458 g/mol. The molecule has 1 amide bonds. The summed E-state index contributed by atoms with van der Waals surface area (Å²) >= 11 is 1.38. The fourth-order valence-electron chi connectivity index (χ4n) is 3.58. The van der Waals surface area contributed by atoms with Gasteiger partial charge in [0.15, 0.2) is 23.2 Å². The highest BCUT2D eigenvalue weighted by atomic mass is 32.1. The normalized spacial score (nSPS) is 13.3. The molecule has 0 saturated heterocycles. The zero-order valence-corrected chi connectivity index (χ0v) is 18.7. The van der Waals surface area contributed by atoms with Crippen molar-refractivity contribution in [3.8, 4) is 17.2 Å². The van der Waals surface area contributed by atoms with E-state index in [1.54, 1.807) is 14.2 Å². The van der Waals surface area contributed by atoms with Crippen LogP contribution in [-0.4, -0.2) is 43.2 Å². The minimum Gasteiger partial charge on any atom is -0.493 e. The molecule has 32 heavy (non-hydrogen) atoms. The fourth-order valence-corrected chi connectivity index (χ4v) is 4.30. The lowest BCUT2D eigenvalue weighted by atomic mass is 9.98. The van der Waals surface area contributed by atoms with Crippen molar-refractivity contribution in [3.63, 3.8) is 0 Å². The van der Waals surface area contributed by atoms with E-state index in [2.05, 4.69) is 21.3 Å². The quantitative estimate of drug-likeness (QED) is 0.554.